The maximum absolute atomic E-state index is 13.1. The van der Waals surface area contributed by atoms with Crippen molar-refractivity contribution in [3.8, 4) is 0 Å². The van der Waals surface area contributed by atoms with E-state index in [4.69, 9.17) is 5.11 Å². The van der Waals surface area contributed by atoms with Gasteiger partial charge in [0.05, 0.1) is 6.42 Å². The molecular formula is C13H16FNO3. The highest BCUT2D eigenvalue weighted by Crippen LogP contribution is 2.13. The number of rotatable bonds is 4. The quantitative estimate of drug-likeness (QED) is 0.863. The molecule has 1 aromatic rings. The summed E-state index contributed by atoms with van der Waals surface area (Å²) in [5.74, 6) is -1.78. The molecule has 0 aliphatic rings. The fourth-order valence-corrected chi connectivity index (χ4v) is 1.59. The van der Waals surface area contributed by atoms with Gasteiger partial charge < -0.3 is 10.4 Å². The zero-order chi connectivity index (χ0) is 13.9. The summed E-state index contributed by atoms with van der Waals surface area (Å²) >= 11 is 0. The number of hydrogen-bond donors (Lipinski definition) is 2. The molecule has 98 valence electrons. The van der Waals surface area contributed by atoms with Crippen LogP contribution in [-0.4, -0.2) is 22.5 Å². The first kappa shape index (κ1) is 14.2. The minimum Gasteiger partial charge on any atom is -0.481 e. The molecule has 0 fully saturated rings. The number of benzene rings is 1. The molecule has 0 unspecified atom stereocenters. The maximum atomic E-state index is 13.1. The molecule has 0 spiro atoms. The molecule has 1 amide bonds. The minimum absolute atomic E-state index is 0.182. The zero-order valence-corrected chi connectivity index (χ0v) is 10.6. The van der Waals surface area contributed by atoms with Gasteiger partial charge in [-0.15, -0.1) is 0 Å². The molecule has 0 radical (unpaired) electrons. The second kappa shape index (κ2) is 5.16. The van der Waals surface area contributed by atoms with Crippen molar-refractivity contribution in [1.82, 2.24) is 5.32 Å². The summed E-state index contributed by atoms with van der Waals surface area (Å²) in [5.41, 5.74) is -0.170. The number of aliphatic carboxylic acids is 1. The lowest BCUT2D eigenvalue weighted by Crippen LogP contribution is -2.44. The molecule has 1 rings (SSSR count). The van der Waals surface area contributed by atoms with Gasteiger partial charge in [0.15, 0.2) is 0 Å². The van der Waals surface area contributed by atoms with Crippen molar-refractivity contribution in [2.45, 2.75) is 32.7 Å². The van der Waals surface area contributed by atoms with Crippen molar-refractivity contribution in [2.24, 2.45) is 0 Å². The van der Waals surface area contributed by atoms with Gasteiger partial charge in [-0.1, -0.05) is 0 Å². The third-order valence-corrected chi connectivity index (χ3v) is 2.47. The topological polar surface area (TPSA) is 66.4 Å². The minimum atomic E-state index is -0.990. The van der Waals surface area contributed by atoms with E-state index >= 15 is 0 Å². The average Bonchev–Trinajstić information content (AvgIpc) is 2.19. The van der Waals surface area contributed by atoms with Gasteiger partial charge >= 0.3 is 5.97 Å². The SMILES string of the molecule is Cc1cc(C(=O)NC(C)(C)CC(=O)O)ccc1F. The van der Waals surface area contributed by atoms with E-state index < -0.39 is 17.4 Å². The Labute approximate surface area is 105 Å². The molecule has 2 N–H and O–H groups in total. The van der Waals surface area contributed by atoms with Crippen molar-refractivity contribution < 1.29 is 19.1 Å². The zero-order valence-electron chi connectivity index (χ0n) is 10.6. The largest absolute Gasteiger partial charge is 0.481 e. The van der Waals surface area contributed by atoms with Gasteiger partial charge in [-0.3, -0.25) is 9.59 Å². The van der Waals surface area contributed by atoms with E-state index in [2.05, 4.69) is 5.32 Å². The number of carboxylic acids is 1. The van der Waals surface area contributed by atoms with Crippen molar-refractivity contribution in [1.29, 1.82) is 0 Å². The Hall–Kier alpha value is -1.91. The molecule has 0 heterocycles. The normalized spacial score (nSPS) is 11.1. The van der Waals surface area contributed by atoms with Crippen LogP contribution in [0.1, 0.15) is 36.2 Å². The van der Waals surface area contributed by atoms with Gasteiger partial charge in [-0.25, -0.2) is 4.39 Å². The third kappa shape index (κ3) is 3.84. The van der Waals surface area contributed by atoms with Gasteiger partial charge in [0.2, 0.25) is 0 Å². The van der Waals surface area contributed by atoms with Crippen LogP contribution in [0.2, 0.25) is 0 Å². The van der Waals surface area contributed by atoms with Gasteiger partial charge in [0.1, 0.15) is 5.82 Å². The molecule has 0 aliphatic carbocycles. The van der Waals surface area contributed by atoms with E-state index in [1.54, 1.807) is 20.8 Å². The number of carboxylic acid groups (broad SMARTS) is 1. The summed E-state index contributed by atoms with van der Waals surface area (Å²) in [6.07, 6.45) is -0.182. The van der Waals surface area contributed by atoms with Crippen LogP contribution < -0.4 is 5.32 Å². The van der Waals surface area contributed by atoms with Gasteiger partial charge in [0, 0.05) is 11.1 Å². The summed E-state index contributed by atoms with van der Waals surface area (Å²) in [6, 6.07) is 4.02. The fourth-order valence-electron chi connectivity index (χ4n) is 1.59. The Morgan fingerprint density at radius 1 is 1.39 bits per heavy atom. The molecule has 0 aliphatic heterocycles. The lowest BCUT2D eigenvalue weighted by atomic mass is 10.00. The van der Waals surface area contributed by atoms with Crippen LogP contribution in [0.15, 0.2) is 18.2 Å². The lowest BCUT2D eigenvalue weighted by Gasteiger charge is -2.24. The smallest absolute Gasteiger partial charge is 0.305 e. The van der Waals surface area contributed by atoms with E-state index in [0.717, 1.165) is 0 Å². The number of carbonyl (C=O) groups is 2. The molecule has 5 heteroatoms. The highest BCUT2D eigenvalue weighted by Gasteiger charge is 2.24. The Balaban J connectivity index is 2.82. The molecular weight excluding hydrogens is 237 g/mol. The summed E-state index contributed by atoms with van der Waals surface area (Å²) in [5, 5.41) is 11.3. The van der Waals surface area contributed by atoms with E-state index in [-0.39, 0.29) is 12.2 Å². The van der Waals surface area contributed by atoms with E-state index in [0.29, 0.717) is 11.1 Å². The Kier molecular flexibility index (Phi) is 4.06. The average molecular weight is 253 g/mol. The van der Waals surface area contributed by atoms with Crippen LogP contribution in [0, 0.1) is 12.7 Å². The number of nitrogens with one attached hydrogen (secondary N) is 1. The molecule has 0 aromatic heterocycles. The second-order valence-electron chi connectivity index (χ2n) is 4.87. The van der Waals surface area contributed by atoms with Crippen LogP contribution >= 0.6 is 0 Å². The van der Waals surface area contributed by atoms with Crippen LogP contribution in [0.4, 0.5) is 4.39 Å². The number of halogens is 1. The summed E-state index contributed by atoms with van der Waals surface area (Å²) in [6.45, 7) is 4.80. The Bertz CT molecular complexity index is 483. The number of carbonyl (C=O) groups excluding carboxylic acids is 1. The lowest BCUT2D eigenvalue weighted by molar-refractivity contribution is -0.138. The summed E-state index contributed by atoms with van der Waals surface area (Å²) < 4.78 is 13.1. The number of hydrogen-bond acceptors (Lipinski definition) is 2. The molecule has 0 atom stereocenters. The monoisotopic (exact) mass is 253 g/mol. The van der Waals surface area contributed by atoms with Crippen molar-refractivity contribution in [3.63, 3.8) is 0 Å². The fraction of sp³-hybridized carbons (Fsp3) is 0.385. The van der Waals surface area contributed by atoms with Crippen molar-refractivity contribution in [2.75, 3.05) is 0 Å². The standard InChI is InChI=1S/C13H16FNO3/c1-8-6-9(4-5-10(8)14)12(18)15-13(2,3)7-11(16)17/h4-6H,7H2,1-3H3,(H,15,18)(H,16,17). The maximum Gasteiger partial charge on any atom is 0.305 e. The van der Waals surface area contributed by atoms with E-state index in [9.17, 15) is 14.0 Å². The van der Waals surface area contributed by atoms with Crippen LogP contribution in [0.5, 0.6) is 0 Å². The van der Waals surface area contributed by atoms with Crippen LogP contribution in [-0.2, 0) is 4.79 Å². The Morgan fingerprint density at radius 2 is 2.00 bits per heavy atom. The van der Waals surface area contributed by atoms with Crippen LogP contribution in [0.3, 0.4) is 0 Å². The van der Waals surface area contributed by atoms with Crippen molar-refractivity contribution in [3.05, 3.63) is 35.1 Å². The van der Waals surface area contributed by atoms with E-state index in [1.807, 2.05) is 0 Å². The van der Waals surface area contributed by atoms with Crippen molar-refractivity contribution >= 4 is 11.9 Å². The predicted molar refractivity (Wildman–Crippen MR) is 64.9 cm³/mol. The highest BCUT2D eigenvalue weighted by molar-refractivity contribution is 5.95. The second-order valence-corrected chi connectivity index (χ2v) is 4.87. The van der Waals surface area contributed by atoms with Crippen LogP contribution in [0.25, 0.3) is 0 Å². The Morgan fingerprint density at radius 3 is 2.50 bits per heavy atom. The molecule has 0 saturated heterocycles. The first-order valence-corrected chi connectivity index (χ1v) is 5.52. The van der Waals surface area contributed by atoms with Gasteiger partial charge in [-0.05, 0) is 44.5 Å². The molecule has 0 saturated carbocycles. The van der Waals surface area contributed by atoms with Gasteiger partial charge in [-0.2, -0.15) is 0 Å². The van der Waals surface area contributed by atoms with E-state index in [1.165, 1.54) is 18.2 Å². The first-order chi connectivity index (χ1) is 8.21. The predicted octanol–water partition coefficient (Wildman–Crippen LogP) is 2.12. The number of aryl methyl sites for hydroxylation is 1. The summed E-state index contributed by atoms with van der Waals surface area (Å²) in [4.78, 5) is 22.5. The molecule has 4 nitrogen and oxygen atoms in total. The summed E-state index contributed by atoms with van der Waals surface area (Å²) in [7, 11) is 0. The highest BCUT2D eigenvalue weighted by atomic mass is 19.1. The molecule has 18 heavy (non-hydrogen) atoms. The molecule has 1 aromatic carbocycles. The molecule has 0 bridgehead atoms. The van der Waals surface area contributed by atoms with Gasteiger partial charge in [0.25, 0.3) is 5.91 Å². The number of amides is 1. The first-order valence-electron chi connectivity index (χ1n) is 5.52. The third-order valence-electron chi connectivity index (χ3n) is 2.47.